The summed E-state index contributed by atoms with van der Waals surface area (Å²) in [5.41, 5.74) is 5.25. The van der Waals surface area contributed by atoms with E-state index < -0.39 is 0 Å². The van der Waals surface area contributed by atoms with Crippen molar-refractivity contribution in [3.63, 3.8) is 0 Å². The molecule has 6 heteroatoms. The number of hydrogen-bond acceptors (Lipinski definition) is 5. The molecule has 0 radical (unpaired) electrons. The highest BCUT2D eigenvalue weighted by atomic mass is 19.1. The standard InChI is InChI=1S/C35H41FO5/c1-34(2,3)32(39-5)28-18-22(9-13-26(28)27-19-24(38-4)12-14-31(27)36)21-41-25-11-10-23-8-7-16-35(30(23)20-25)17-15-29(35)33(37)40-6/h9-14,18-20,29,32H,7-8,15-17,21H2,1-6H3/t29-,32+,35-/m0/s1. The smallest absolute Gasteiger partial charge is 0.309 e. The van der Waals surface area contributed by atoms with Crippen molar-refractivity contribution >= 4 is 5.97 Å². The molecule has 1 spiro atoms. The second-order valence-electron chi connectivity index (χ2n) is 12.5. The molecule has 5 nitrogen and oxygen atoms in total. The fourth-order valence-corrected chi connectivity index (χ4v) is 6.92. The van der Waals surface area contributed by atoms with Crippen LogP contribution in [0.4, 0.5) is 4.39 Å². The van der Waals surface area contributed by atoms with Gasteiger partial charge in [0.25, 0.3) is 0 Å². The number of ether oxygens (including phenoxy) is 4. The molecule has 0 heterocycles. The Labute approximate surface area is 243 Å². The maximum atomic E-state index is 15.1. The van der Waals surface area contributed by atoms with E-state index in [4.69, 9.17) is 18.9 Å². The SMILES string of the molecule is COC(=O)[C@@H]1CC[C@@]12CCCc1ccc(OCc3ccc(-c4cc(OC)ccc4F)c([C@@H](OC)C(C)(C)C)c3)cc12. The largest absolute Gasteiger partial charge is 0.497 e. The quantitative estimate of drug-likeness (QED) is 0.262. The summed E-state index contributed by atoms with van der Waals surface area (Å²) < 4.78 is 38.0. The highest BCUT2D eigenvalue weighted by Crippen LogP contribution is 2.56. The molecular formula is C35H41FO5. The van der Waals surface area contributed by atoms with Crippen molar-refractivity contribution in [3.8, 4) is 22.6 Å². The van der Waals surface area contributed by atoms with Gasteiger partial charge in [0, 0.05) is 18.1 Å². The van der Waals surface area contributed by atoms with Gasteiger partial charge in [-0.1, -0.05) is 39.0 Å². The number of halogens is 1. The van der Waals surface area contributed by atoms with Crippen molar-refractivity contribution in [1.29, 1.82) is 0 Å². The van der Waals surface area contributed by atoms with Crippen LogP contribution in [0.15, 0.2) is 54.6 Å². The molecule has 0 bridgehead atoms. The molecule has 0 saturated heterocycles. The highest BCUT2D eigenvalue weighted by Gasteiger charge is 2.53. The summed E-state index contributed by atoms with van der Waals surface area (Å²) in [6.45, 7) is 6.68. The molecular weight excluding hydrogens is 519 g/mol. The number of benzene rings is 3. The average molecular weight is 561 g/mol. The van der Waals surface area contributed by atoms with Gasteiger partial charge in [-0.25, -0.2) is 4.39 Å². The topological polar surface area (TPSA) is 54.0 Å². The molecule has 0 N–H and O–H groups in total. The maximum absolute atomic E-state index is 15.1. The van der Waals surface area contributed by atoms with Gasteiger partial charge in [0.2, 0.25) is 0 Å². The van der Waals surface area contributed by atoms with Crippen LogP contribution in [0, 0.1) is 17.2 Å². The first-order chi connectivity index (χ1) is 19.6. The minimum atomic E-state index is -0.316. The number of esters is 1. The summed E-state index contributed by atoms with van der Waals surface area (Å²) in [6, 6.07) is 17.1. The molecule has 2 aliphatic rings. The van der Waals surface area contributed by atoms with Crippen LogP contribution < -0.4 is 9.47 Å². The molecule has 1 saturated carbocycles. The molecule has 218 valence electrons. The third-order valence-electron chi connectivity index (χ3n) is 9.01. The Kier molecular flexibility index (Phi) is 8.15. The maximum Gasteiger partial charge on any atom is 0.309 e. The van der Waals surface area contributed by atoms with Gasteiger partial charge in [0.1, 0.15) is 23.9 Å². The number of aryl methyl sites for hydroxylation is 1. The first-order valence-electron chi connectivity index (χ1n) is 14.4. The summed E-state index contributed by atoms with van der Waals surface area (Å²) in [5.74, 6) is 0.864. The molecule has 3 atom stereocenters. The Morgan fingerprint density at radius 3 is 2.41 bits per heavy atom. The Morgan fingerprint density at radius 1 is 0.976 bits per heavy atom. The minimum Gasteiger partial charge on any atom is -0.497 e. The number of hydrogen-bond donors (Lipinski definition) is 0. The van der Waals surface area contributed by atoms with Gasteiger partial charge in [-0.3, -0.25) is 4.79 Å². The number of methoxy groups -OCH3 is 3. The number of carbonyl (C=O) groups is 1. The Bertz CT molecular complexity index is 1420. The van der Waals surface area contributed by atoms with Gasteiger partial charge in [-0.15, -0.1) is 0 Å². The zero-order valence-corrected chi connectivity index (χ0v) is 25.0. The van der Waals surface area contributed by atoms with Crippen LogP contribution >= 0.6 is 0 Å². The Hall–Kier alpha value is -3.38. The molecule has 41 heavy (non-hydrogen) atoms. The summed E-state index contributed by atoms with van der Waals surface area (Å²) in [5, 5.41) is 0. The molecule has 0 aliphatic heterocycles. The van der Waals surface area contributed by atoms with Crippen LogP contribution in [0.25, 0.3) is 11.1 Å². The van der Waals surface area contributed by atoms with E-state index in [0.29, 0.717) is 17.9 Å². The van der Waals surface area contributed by atoms with E-state index >= 15 is 4.39 Å². The van der Waals surface area contributed by atoms with E-state index in [1.54, 1.807) is 26.4 Å². The van der Waals surface area contributed by atoms with Crippen LogP contribution in [0.2, 0.25) is 0 Å². The van der Waals surface area contributed by atoms with E-state index in [1.807, 2.05) is 18.2 Å². The summed E-state index contributed by atoms with van der Waals surface area (Å²) in [6.07, 6.45) is 4.69. The van der Waals surface area contributed by atoms with Crippen molar-refractivity contribution in [2.75, 3.05) is 21.3 Å². The lowest BCUT2D eigenvalue weighted by Gasteiger charge is -2.51. The van der Waals surface area contributed by atoms with Gasteiger partial charge in [-0.2, -0.15) is 0 Å². The fourth-order valence-electron chi connectivity index (χ4n) is 6.92. The van der Waals surface area contributed by atoms with Crippen molar-refractivity contribution < 1.29 is 28.1 Å². The fraction of sp³-hybridized carbons (Fsp3) is 0.457. The van der Waals surface area contributed by atoms with E-state index in [-0.39, 0.29) is 34.6 Å². The lowest BCUT2D eigenvalue weighted by atomic mass is 9.52. The van der Waals surface area contributed by atoms with Gasteiger partial charge >= 0.3 is 5.97 Å². The van der Waals surface area contributed by atoms with Crippen LogP contribution in [-0.4, -0.2) is 27.3 Å². The number of fused-ring (bicyclic) bond motifs is 2. The molecule has 3 aromatic carbocycles. The van der Waals surface area contributed by atoms with Gasteiger partial charge in [0.15, 0.2) is 0 Å². The first-order valence-corrected chi connectivity index (χ1v) is 14.4. The molecule has 1 fully saturated rings. The Morgan fingerprint density at radius 2 is 1.76 bits per heavy atom. The zero-order chi connectivity index (χ0) is 29.4. The molecule has 5 rings (SSSR count). The van der Waals surface area contributed by atoms with Gasteiger partial charge in [-0.05, 0) is 102 Å². The summed E-state index contributed by atoms with van der Waals surface area (Å²) >= 11 is 0. The normalized spacial score (nSPS) is 20.6. The minimum absolute atomic E-state index is 0.0858. The van der Waals surface area contributed by atoms with E-state index in [0.717, 1.165) is 54.5 Å². The van der Waals surface area contributed by atoms with E-state index in [1.165, 1.54) is 24.3 Å². The second-order valence-corrected chi connectivity index (χ2v) is 12.5. The Balaban J connectivity index is 1.46. The molecule has 0 unspecified atom stereocenters. The molecule has 0 amide bonds. The van der Waals surface area contributed by atoms with Crippen LogP contribution in [0.5, 0.6) is 11.5 Å². The summed E-state index contributed by atoms with van der Waals surface area (Å²) in [7, 11) is 4.75. The van der Waals surface area contributed by atoms with E-state index in [2.05, 4.69) is 39.0 Å². The highest BCUT2D eigenvalue weighted by molar-refractivity contribution is 5.76. The molecule has 2 aliphatic carbocycles. The third kappa shape index (κ3) is 5.46. The van der Waals surface area contributed by atoms with E-state index in [9.17, 15) is 4.79 Å². The predicted octanol–water partition coefficient (Wildman–Crippen LogP) is 7.97. The zero-order valence-electron chi connectivity index (χ0n) is 25.0. The number of rotatable bonds is 8. The predicted molar refractivity (Wildman–Crippen MR) is 158 cm³/mol. The van der Waals surface area contributed by atoms with Crippen LogP contribution in [-0.2, 0) is 32.7 Å². The molecule has 0 aromatic heterocycles. The van der Waals surface area contributed by atoms with Crippen molar-refractivity contribution in [2.45, 2.75) is 71.0 Å². The number of carbonyl (C=O) groups excluding carboxylic acids is 1. The molecule has 3 aromatic rings. The average Bonchev–Trinajstić information content (AvgIpc) is 2.95. The summed E-state index contributed by atoms with van der Waals surface area (Å²) in [4.78, 5) is 12.5. The monoisotopic (exact) mass is 560 g/mol. The van der Waals surface area contributed by atoms with Crippen molar-refractivity contribution in [2.24, 2.45) is 11.3 Å². The van der Waals surface area contributed by atoms with Gasteiger partial charge in [0.05, 0.1) is 26.2 Å². The van der Waals surface area contributed by atoms with Gasteiger partial charge < -0.3 is 18.9 Å². The lowest BCUT2D eigenvalue weighted by molar-refractivity contribution is -0.153. The third-order valence-corrected chi connectivity index (χ3v) is 9.01. The van der Waals surface area contributed by atoms with Crippen molar-refractivity contribution in [3.05, 3.63) is 82.7 Å². The first kappa shape index (κ1) is 29.1. The lowest BCUT2D eigenvalue weighted by Crippen LogP contribution is -2.50. The second kappa shape index (κ2) is 11.5. The van der Waals surface area contributed by atoms with Crippen LogP contribution in [0.3, 0.4) is 0 Å². The van der Waals surface area contributed by atoms with Crippen molar-refractivity contribution in [1.82, 2.24) is 0 Å². The van der Waals surface area contributed by atoms with Crippen LogP contribution in [0.1, 0.15) is 74.8 Å².